The molecule has 0 amide bonds. The van der Waals surface area contributed by atoms with E-state index in [4.69, 9.17) is 15.2 Å². The van der Waals surface area contributed by atoms with Gasteiger partial charge in [-0.2, -0.15) is 0 Å². The van der Waals surface area contributed by atoms with E-state index in [1.165, 1.54) is 6.07 Å². The maximum absolute atomic E-state index is 11.1. The molecule has 1 aromatic carbocycles. The van der Waals surface area contributed by atoms with Gasteiger partial charge in [0.2, 0.25) is 0 Å². The third-order valence-corrected chi connectivity index (χ3v) is 3.39. The van der Waals surface area contributed by atoms with Crippen molar-refractivity contribution < 1.29 is 14.4 Å². The fraction of sp³-hybridized carbons (Fsp3) is 0.500. The molecule has 3 N–H and O–H groups in total. The van der Waals surface area contributed by atoms with E-state index in [-0.39, 0.29) is 17.8 Å². The van der Waals surface area contributed by atoms with Crippen LogP contribution in [0, 0.1) is 10.1 Å². The van der Waals surface area contributed by atoms with Crippen molar-refractivity contribution in [3.8, 4) is 11.5 Å². The quantitative estimate of drug-likeness (QED) is 0.630. The minimum atomic E-state index is -0.417. The van der Waals surface area contributed by atoms with Gasteiger partial charge in [-0.15, -0.1) is 0 Å². The lowest BCUT2D eigenvalue weighted by molar-refractivity contribution is -0.384. The number of fused-ring (bicyclic) bond motifs is 1. The van der Waals surface area contributed by atoms with Gasteiger partial charge in [0.15, 0.2) is 11.5 Å². The Hall–Kier alpha value is -2.02. The van der Waals surface area contributed by atoms with E-state index in [1.54, 1.807) is 6.07 Å². The molecule has 7 heteroatoms. The molecule has 0 radical (unpaired) electrons. The topological polar surface area (TPSA) is 99.7 Å². The second-order valence-corrected chi connectivity index (χ2v) is 4.84. The second-order valence-electron chi connectivity index (χ2n) is 4.84. The molecule has 2 aliphatic rings. The van der Waals surface area contributed by atoms with Crippen LogP contribution in [0.4, 0.5) is 11.4 Å². The summed E-state index contributed by atoms with van der Waals surface area (Å²) in [7, 11) is 0. The highest BCUT2D eigenvalue weighted by Crippen LogP contribution is 2.40. The molecule has 1 heterocycles. The molecule has 7 nitrogen and oxygen atoms in total. The molecule has 0 atom stereocenters. The van der Waals surface area contributed by atoms with E-state index < -0.39 is 4.92 Å². The number of nitrogens with one attached hydrogen (secondary N) is 1. The summed E-state index contributed by atoms with van der Waals surface area (Å²) in [6.07, 6.45) is 1.65. The van der Waals surface area contributed by atoms with Crippen LogP contribution in [0.1, 0.15) is 12.8 Å². The van der Waals surface area contributed by atoms with Crippen molar-refractivity contribution in [2.24, 2.45) is 5.73 Å². The van der Waals surface area contributed by atoms with E-state index >= 15 is 0 Å². The third kappa shape index (κ3) is 2.28. The van der Waals surface area contributed by atoms with Crippen LogP contribution in [0.2, 0.25) is 0 Å². The number of ether oxygens (including phenoxy) is 2. The molecule has 0 spiro atoms. The average Bonchev–Trinajstić information content (AvgIpc) is 2.36. The van der Waals surface area contributed by atoms with Crippen molar-refractivity contribution in [2.75, 3.05) is 18.5 Å². The van der Waals surface area contributed by atoms with E-state index in [2.05, 4.69) is 5.32 Å². The summed E-state index contributed by atoms with van der Waals surface area (Å²) in [5, 5.41) is 14.3. The second kappa shape index (κ2) is 4.58. The number of nitrogens with zero attached hydrogens (tertiary/aromatic N) is 1. The van der Waals surface area contributed by atoms with E-state index in [0.717, 1.165) is 12.8 Å². The maximum atomic E-state index is 11.1. The van der Waals surface area contributed by atoms with E-state index in [9.17, 15) is 10.1 Å². The van der Waals surface area contributed by atoms with Crippen LogP contribution >= 0.6 is 0 Å². The Labute approximate surface area is 109 Å². The molecule has 1 fully saturated rings. The molecular formula is C12H15N3O4. The number of nitro benzene ring substituents is 1. The molecule has 1 aliphatic heterocycles. The monoisotopic (exact) mass is 265 g/mol. The van der Waals surface area contributed by atoms with Gasteiger partial charge in [0.05, 0.1) is 11.0 Å². The standard InChI is InChI=1S/C12H15N3O4/c13-7-3-8(4-7)14-9-5-11-12(19-2-1-18-11)6-10(9)15(16)17/h5-8,14H,1-4,13H2. The summed E-state index contributed by atoms with van der Waals surface area (Å²) in [5.74, 6) is 0.969. The van der Waals surface area contributed by atoms with Crippen molar-refractivity contribution >= 4 is 11.4 Å². The van der Waals surface area contributed by atoms with Crippen molar-refractivity contribution in [3.63, 3.8) is 0 Å². The number of nitrogens with two attached hydrogens (primary N) is 1. The van der Waals surface area contributed by atoms with Gasteiger partial charge in [-0.3, -0.25) is 10.1 Å². The van der Waals surface area contributed by atoms with Gasteiger partial charge in [0, 0.05) is 18.2 Å². The number of hydrogen-bond donors (Lipinski definition) is 2. The summed E-state index contributed by atoms with van der Waals surface area (Å²) < 4.78 is 10.8. The highest BCUT2D eigenvalue weighted by Gasteiger charge is 2.29. The van der Waals surface area contributed by atoms with Crippen LogP contribution in [0.25, 0.3) is 0 Å². The molecule has 102 valence electrons. The van der Waals surface area contributed by atoms with Crippen LogP contribution in [-0.2, 0) is 0 Å². The van der Waals surface area contributed by atoms with Crippen LogP contribution in [-0.4, -0.2) is 30.2 Å². The van der Waals surface area contributed by atoms with Crippen molar-refractivity contribution in [1.29, 1.82) is 0 Å². The first-order chi connectivity index (χ1) is 9.13. The molecule has 1 aliphatic carbocycles. The fourth-order valence-electron chi connectivity index (χ4n) is 2.34. The summed E-state index contributed by atoms with van der Waals surface area (Å²) in [6.45, 7) is 0.868. The lowest BCUT2D eigenvalue weighted by Gasteiger charge is -2.33. The molecule has 19 heavy (non-hydrogen) atoms. The van der Waals surface area contributed by atoms with E-state index in [0.29, 0.717) is 30.4 Å². The normalized spacial score (nSPS) is 24.5. The van der Waals surface area contributed by atoms with Gasteiger partial charge < -0.3 is 20.5 Å². The first-order valence-corrected chi connectivity index (χ1v) is 6.23. The first kappa shape index (κ1) is 12.0. The van der Waals surface area contributed by atoms with Gasteiger partial charge in [0.25, 0.3) is 5.69 Å². The fourth-order valence-corrected chi connectivity index (χ4v) is 2.34. The first-order valence-electron chi connectivity index (χ1n) is 6.23. The Kier molecular flexibility index (Phi) is 2.90. The predicted octanol–water partition coefficient (Wildman–Crippen LogP) is 1.27. The molecular weight excluding hydrogens is 250 g/mol. The molecule has 0 unspecified atom stereocenters. The van der Waals surface area contributed by atoms with Crippen LogP contribution in [0.3, 0.4) is 0 Å². The Morgan fingerprint density at radius 1 is 1.26 bits per heavy atom. The highest BCUT2D eigenvalue weighted by molar-refractivity contribution is 5.69. The number of nitro groups is 1. The number of anilines is 1. The number of benzene rings is 1. The van der Waals surface area contributed by atoms with Gasteiger partial charge in [-0.05, 0) is 12.8 Å². The molecule has 1 saturated carbocycles. The smallest absolute Gasteiger partial charge is 0.296 e. The average molecular weight is 265 g/mol. The molecule has 1 aromatic rings. The number of hydrogen-bond acceptors (Lipinski definition) is 6. The Bertz CT molecular complexity index is 514. The Balaban J connectivity index is 1.89. The van der Waals surface area contributed by atoms with Gasteiger partial charge in [0.1, 0.15) is 18.9 Å². The predicted molar refractivity (Wildman–Crippen MR) is 68.7 cm³/mol. The summed E-state index contributed by atoms with van der Waals surface area (Å²) in [5.41, 5.74) is 6.18. The molecule has 0 saturated heterocycles. The Morgan fingerprint density at radius 3 is 2.47 bits per heavy atom. The molecule has 0 bridgehead atoms. The van der Waals surface area contributed by atoms with Crippen LogP contribution in [0.15, 0.2) is 12.1 Å². The van der Waals surface area contributed by atoms with Crippen LogP contribution < -0.4 is 20.5 Å². The third-order valence-electron chi connectivity index (χ3n) is 3.39. The van der Waals surface area contributed by atoms with E-state index in [1.807, 2.05) is 0 Å². The summed E-state index contributed by atoms with van der Waals surface area (Å²) >= 11 is 0. The van der Waals surface area contributed by atoms with Gasteiger partial charge >= 0.3 is 0 Å². The van der Waals surface area contributed by atoms with Crippen molar-refractivity contribution in [1.82, 2.24) is 0 Å². The summed E-state index contributed by atoms with van der Waals surface area (Å²) in [4.78, 5) is 10.7. The van der Waals surface area contributed by atoms with Crippen molar-refractivity contribution in [3.05, 3.63) is 22.2 Å². The lowest BCUT2D eigenvalue weighted by atomic mass is 9.87. The largest absolute Gasteiger partial charge is 0.486 e. The number of rotatable bonds is 3. The van der Waals surface area contributed by atoms with Crippen molar-refractivity contribution in [2.45, 2.75) is 24.9 Å². The zero-order valence-corrected chi connectivity index (χ0v) is 10.3. The molecule has 0 aromatic heterocycles. The Morgan fingerprint density at radius 2 is 1.89 bits per heavy atom. The minimum Gasteiger partial charge on any atom is -0.486 e. The maximum Gasteiger partial charge on any atom is 0.296 e. The van der Waals surface area contributed by atoms with Gasteiger partial charge in [-0.1, -0.05) is 0 Å². The zero-order chi connectivity index (χ0) is 13.4. The zero-order valence-electron chi connectivity index (χ0n) is 10.3. The lowest BCUT2D eigenvalue weighted by Crippen LogP contribution is -2.44. The summed E-state index contributed by atoms with van der Waals surface area (Å²) in [6, 6.07) is 3.43. The minimum absolute atomic E-state index is 0.00437. The van der Waals surface area contributed by atoms with Crippen LogP contribution in [0.5, 0.6) is 11.5 Å². The molecule has 3 rings (SSSR count). The highest BCUT2D eigenvalue weighted by atomic mass is 16.6. The van der Waals surface area contributed by atoms with Gasteiger partial charge in [-0.25, -0.2) is 0 Å². The SMILES string of the molecule is NC1CC(Nc2cc3c(cc2[N+](=O)[O-])OCCO3)C1.